The number of rotatable bonds is 3. The van der Waals surface area contributed by atoms with Crippen molar-refractivity contribution in [3.63, 3.8) is 0 Å². The fraction of sp³-hybridized carbons (Fsp3) is 0.143. The van der Waals surface area contributed by atoms with Crippen LogP contribution in [0.1, 0.15) is 21.7 Å². The van der Waals surface area contributed by atoms with E-state index < -0.39 is 5.91 Å². The lowest BCUT2D eigenvalue weighted by atomic mass is 9.97. The van der Waals surface area contributed by atoms with Gasteiger partial charge in [-0.2, -0.15) is 0 Å². The predicted octanol–water partition coefficient (Wildman–Crippen LogP) is 2.27. The van der Waals surface area contributed by atoms with E-state index in [0.29, 0.717) is 28.5 Å². The molecular formula is C14H14ClN3O. The molecule has 0 bridgehead atoms. The van der Waals surface area contributed by atoms with E-state index in [2.05, 4.69) is 4.98 Å². The van der Waals surface area contributed by atoms with Crippen molar-refractivity contribution >= 4 is 17.5 Å². The normalized spacial score (nSPS) is 10.5. The zero-order valence-electron chi connectivity index (χ0n) is 10.5. The molecule has 0 aliphatic rings. The number of benzene rings is 1. The van der Waals surface area contributed by atoms with E-state index in [1.807, 2.05) is 12.1 Å². The Morgan fingerprint density at radius 3 is 2.47 bits per heavy atom. The van der Waals surface area contributed by atoms with Crippen molar-refractivity contribution in [1.29, 1.82) is 0 Å². The fourth-order valence-corrected chi connectivity index (χ4v) is 2.14. The van der Waals surface area contributed by atoms with Gasteiger partial charge in [0.1, 0.15) is 0 Å². The van der Waals surface area contributed by atoms with Crippen molar-refractivity contribution in [2.45, 2.75) is 13.5 Å². The molecule has 1 heterocycles. The topological polar surface area (TPSA) is 82.0 Å². The summed E-state index contributed by atoms with van der Waals surface area (Å²) in [5.41, 5.74) is 14.4. The Bertz CT molecular complexity index is 623. The van der Waals surface area contributed by atoms with Crippen LogP contribution < -0.4 is 11.5 Å². The summed E-state index contributed by atoms with van der Waals surface area (Å²) in [6.07, 6.45) is 0. The Balaban J connectivity index is 2.68. The average molecular weight is 276 g/mol. The van der Waals surface area contributed by atoms with Crippen LogP contribution in [0, 0.1) is 6.92 Å². The zero-order chi connectivity index (χ0) is 14.0. The Labute approximate surface area is 116 Å². The highest BCUT2D eigenvalue weighted by molar-refractivity contribution is 6.30. The summed E-state index contributed by atoms with van der Waals surface area (Å²) in [5.74, 6) is -0.501. The van der Waals surface area contributed by atoms with Crippen molar-refractivity contribution in [2.24, 2.45) is 11.5 Å². The number of pyridine rings is 1. The minimum absolute atomic E-state index is 0.306. The van der Waals surface area contributed by atoms with Gasteiger partial charge in [0, 0.05) is 11.6 Å². The van der Waals surface area contributed by atoms with Crippen molar-refractivity contribution in [2.75, 3.05) is 0 Å². The molecule has 1 aromatic carbocycles. The lowest BCUT2D eigenvalue weighted by Crippen LogP contribution is -2.16. The van der Waals surface area contributed by atoms with Crippen molar-refractivity contribution in [3.05, 3.63) is 52.3 Å². The Hall–Kier alpha value is -1.91. The molecule has 98 valence electrons. The number of carbonyl (C=O) groups is 1. The number of nitrogens with zero attached hydrogens (tertiary/aromatic N) is 1. The van der Waals surface area contributed by atoms with E-state index in [1.165, 1.54) is 0 Å². The van der Waals surface area contributed by atoms with Crippen LogP contribution in [0.4, 0.5) is 0 Å². The molecule has 4 nitrogen and oxygen atoms in total. The first-order valence-corrected chi connectivity index (χ1v) is 6.17. The van der Waals surface area contributed by atoms with E-state index in [0.717, 1.165) is 11.1 Å². The molecule has 0 spiro atoms. The Morgan fingerprint density at radius 1 is 1.32 bits per heavy atom. The van der Waals surface area contributed by atoms with Gasteiger partial charge in [-0.15, -0.1) is 0 Å². The SMILES string of the molecule is Cc1nc(CN)cc(-c2ccc(Cl)cc2)c1C(N)=O. The van der Waals surface area contributed by atoms with Gasteiger partial charge in [-0.25, -0.2) is 0 Å². The lowest BCUT2D eigenvalue weighted by molar-refractivity contribution is 0.1000. The maximum absolute atomic E-state index is 11.6. The first kappa shape index (κ1) is 13.5. The van der Waals surface area contributed by atoms with E-state index in [9.17, 15) is 4.79 Å². The summed E-state index contributed by atoms with van der Waals surface area (Å²) >= 11 is 5.87. The van der Waals surface area contributed by atoms with Gasteiger partial charge in [0.25, 0.3) is 5.91 Å². The highest BCUT2D eigenvalue weighted by atomic mass is 35.5. The van der Waals surface area contributed by atoms with Crippen LogP contribution >= 0.6 is 11.6 Å². The van der Waals surface area contributed by atoms with Crippen molar-refractivity contribution in [1.82, 2.24) is 4.98 Å². The van der Waals surface area contributed by atoms with E-state index >= 15 is 0 Å². The second-order valence-electron chi connectivity index (χ2n) is 4.20. The average Bonchev–Trinajstić information content (AvgIpc) is 2.38. The molecule has 0 saturated heterocycles. The molecular weight excluding hydrogens is 262 g/mol. The summed E-state index contributed by atoms with van der Waals surface area (Å²) in [5, 5.41) is 0.634. The number of hydrogen-bond acceptors (Lipinski definition) is 3. The first-order valence-electron chi connectivity index (χ1n) is 5.79. The van der Waals surface area contributed by atoms with Gasteiger partial charge >= 0.3 is 0 Å². The third kappa shape index (κ3) is 2.75. The quantitative estimate of drug-likeness (QED) is 0.901. The van der Waals surface area contributed by atoms with Crippen LogP contribution in [0.5, 0.6) is 0 Å². The van der Waals surface area contributed by atoms with Crippen molar-refractivity contribution < 1.29 is 4.79 Å². The monoisotopic (exact) mass is 275 g/mol. The fourth-order valence-electron chi connectivity index (χ4n) is 2.01. The Kier molecular flexibility index (Phi) is 3.83. The number of aromatic nitrogens is 1. The standard InChI is InChI=1S/C14H14ClN3O/c1-8-13(14(17)19)12(6-11(7-16)18-8)9-2-4-10(15)5-3-9/h2-6H,7,16H2,1H3,(H2,17,19). The van der Waals surface area contributed by atoms with E-state index in [-0.39, 0.29) is 0 Å². The highest BCUT2D eigenvalue weighted by Gasteiger charge is 2.15. The summed E-state index contributed by atoms with van der Waals surface area (Å²) in [7, 11) is 0. The number of hydrogen-bond donors (Lipinski definition) is 2. The van der Waals surface area contributed by atoms with E-state index in [1.54, 1.807) is 25.1 Å². The summed E-state index contributed by atoms with van der Waals surface area (Å²) < 4.78 is 0. The van der Waals surface area contributed by atoms with Gasteiger partial charge < -0.3 is 11.5 Å². The van der Waals surface area contributed by atoms with Crippen LogP contribution in [0.15, 0.2) is 30.3 Å². The molecule has 1 amide bonds. The molecule has 2 aromatic rings. The molecule has 2 rings (SSSR count). The third-order valence-corrected chi connectivity index (χ3v) is 3.12. The predicted molar refractivity (Wildman–Crippen MR) is 75.8 cm³/mol. The molecule has 0 unspecified atom stereocenters. The molecule has 0 saturated carbocycles. The molecule has 1 aromatic heterocycles. The largest absolute Gasteiger partial charge is 0.366 e. The Morgan fingerprint density at radius 2 is 1.95 bits per heavy atom. The maximum atomic E-state index is 11.6. The molecule has 0 atom stereocenters. The van der Waals surface area contributed by atoms with Crippen LogP contribution in [0.3, 0.4) is 0 Å². The molecule has 4 N–H and O–H groups in total. The van der Waals surface area contributed by atoms with Gasteiger partial charge in [-0.3, -0.25) is 9.78 Å². The van der Waals surface area contributed by atoms with Gasteiger partial charge in [-0.05, 0) is 36.2 Å². The minimum atomic E-state index is -0.501. The number of halogens is 1. The van der Waals surface area contributed by atoms with Gasteiger partial charge in [0.05, 0.1) is 17.0 Å². The second kappa shape index (κ2) is 5.38. The number of nitrogens with two attached hydrogens (primary N) is 2. The number of amides is 1. The number of aryl methyl sites for hydroxylation is 1. The van der Waals surface area contributed by atoms with E-state index in [4.69, 9.17) is 23.1 Å². The molecule has 0 fully saturated rings. The second-order valence-corrected chi connectivity index (χ2v) is 4.63. The smallest absolute Gasteiger partial charge is 0.251 e. The summed E-state index contributed by atoms with van der Waals surface area (Å²) in [6, 6.07) is 8.99. The molecule has 0 aliphatic heterocycles. The van der Waals surface area contributed by atoms with Crippen LogP contribution in [-0.2, 0) is 6.54 Å². The molecule has 0 aliphatic carbocycles. The first-order chi connectivity index (χ1) is 9.02. The van der Waals surface area contributed by atoms with Gasteiger partial charge in [-0.1, -0.05) is 23.7 Å². The number of primary amides is 1. The third-order valence-electron chi connectivity index (χ3n) is 2.86. The van der Waals surface area contributed by atoms with Crippen molar-refractivity contribution in [3.8, 4) is 11.1 Å². The maximum Gasteiger partial charge on any atom is 0.251 e. The minimum Gasteiger partial charge on any atom is -0.366 e. The summed E-state index contributed by atoms with van der Waals surface area (Å²) in [6.45, 7) is 2.05. The van der Waals surface area contributed by atoms with Crippen LogP contribution in [-0.4, -0.2) is 10.9 Å². The number of carbonyl (C=O) groups excluding carboxylic acids is 1. The zero-order valence-corrected chi connectivity index (χ0v) is 11.2. The van der Waals surface area contributed by atoms with Crippen LogP contribution in [0.2, 0.25) is 5.02 Å². The lowest BCUT2D eigenvalue weighted by Gasteiger charge is -2.12. The molecule has 5 heteroatoms. The highest BCUT2D eigenvalue weighted by Crippen LogP contribution is 2.27. The molecule has 0 radical (unpaired) electrons. The van der Waals surface area contributed by atoms with Gasteiger partial charge in [0.15, 0.2) is 0 Å². The summed E-state index contributed by atoms with van der Waals surface area (Å²) in [4.78, 5) is 15.9. The van der Waals surface area contributed by atoms with Gasteiger partial charge in [0.2, 0.25) is 0 Å². The van der Waals surface area contributed by atoms with Crippen LogP contribution in [0.25, 0.3) is 11.1 Å². The molecule has 19 heavy (non-hydrogen) atoms.